The molecule has 0 saturated heterocycles. The van der Waals surface area contributed by atoms with E-state index in [1.165, 1.54) is 6.07 Å². The number of nitrogens with two attached hydrogens (primary N) is 1. The molecule has 1 aliphatic rings. The SMILES string of the molecule is CC(C)(Nc1ccc(C(F)(F)F)cc1N)C1CC1. The van der Waals surface area contributed by atoms with E-state index in [2.05, 4.69) is 5.32 Å². The van der Waals surface area contributed by atoms with Crippen LogP contribution in [0.3, 0.4) is 0 Å². The van der Waals surface area contributed by atoms with Crippen LogP contribution in [0, 0.1) is 5.92 Å². The first-order valence-electron chi connectivity index (χ1n) is 5.95. The van der Waals surface area contributed by atoms with E-state index < -0.39 is 11.7 Å². The van der Waals surface area contributed by atoms with Crippen molar-refractivity contribution in [3.8, 4) is 0 Å². The number of alkyl halides is 3. The molecule has 0 bridgehead atoms. The maximum atomic E-state index is 12.5. The van der Waals surface area contributed by atoms with Gasteiger partial charge < -0.3 is 11.1 Å². The van der Waals surface area contributed by atoms with E-state index >= 15 is 0 Å². The standard InChI is InChI=1S/C13H17F3N2/c1-12(2,8-3-4-8)18-11-6-5-9(7-10(11)17)13(14,15)16/h5-8,18H,3-4,17H2,1-2H3. The van der Waals surface area contributed by atoms with Crippen LogP contribution in [0.5, 0.6) is 0 Å². The highest BCUT2D eigenvalue weighted by atomic mass is 19.4. The predicted octanol–water partition coefficient (Wildman–Crippen LogP) is 3.89. The number of nitrogens with one attached hydrogen (secondary N) is 1. The molecular weight excluding hydrogens is 241 g/mol. The summed E-state index contributed by atoms with van der Waals surface area (Å²) in [7, 11) is 0. The quantitative estimate of drug-likeness (QED) is 0.807. The van der Waals surface area contributed by atoms with Crippen LogP contribution < -0.4 is 11.1 Å². The van der Waals surface area contributed by atoms with Crippen molar-refractivity contribution in [1.29, 1.82) is 0 Å². The van der Waals surface area contributed by atoms with Crippen molar-refractivity contribution >= 4 is 11.4 Å². The van der Waals surface area contributed by atoms with E-state index in [-0.39, 0.29) is 11.2 Å². The summed E-state index contributed by atoms with van der Waals surface area (Å²) in [4.78, 5) is 0. The molecule has 3 N–H and O–H groups in total. The highest BCUT2D eigenvalue weighted by Gasteiger charge is 2.38. The van der Waals surface area contributed by atoms with Crippen LogP contribution in [0.15, 0.2) is 18.2 Å². The van der Waals surface area contributed by atoms with Gasteiger partial charge in [-0.05, 0) is 50.8 Å². The van der Waals surface area contributed by atoms with Crippen molar-refractivity contribution in [2.75, 3.05) is 11.1 Å². The first-order valence-corrected chi connectivity index (χ1v) is 5.95. The molecule has 100 valence electrons. The molecule has 18 heavy (non-hydrogen) atoms. The number of nitrogen functional groups attached to an aromatic ring is 1. The van der Waals surface area contributed by atoms with Gasteiger partial charge in [0.1, 0.15) is 0 Å². The van der Waals surface area contributed by atoms with Crippen molar-refractivity contribution < 1.29 is 13.2 Å². The second-order valence-corrected chi connectivity index (χ2v) is 5.42. The lowest BCUT2D eigenvalue weighted by atomic mass is 9.98. The molecule has 0 atom stereocenters. The minimum atomic E-state index is -4.35. The van der Waals surface area contributed by atoms with E-state index in [0.717, 1.165) is 25.0 Å². The third kappa shape index (κ3) is 2.71. The van der Waals surface area contributed by atoms with Gasteiger partial charge in [0, 0.05) is 5.54 Å². The number of benzene rings is 1. The predicted molar refractivity (Wildman–Crippen MR) is 66.3 cm³/mol. The first kappa shape index (κ1) is 13.1. The highest BCUT2D eigenvalue weighted by molar-refractivity contribution is 5.68. The molecule has 0 spiro atoms. The molecule has 0 unspecified atom stereocenters. The van der Waals surface area contributed by atoms with E-state index in [1.807, 2.05) is 13.8 Å². The Bertz CT molecular complexity index is 448. The molecule has 1 aliphatic carbocycles. The topological polar surface area (TPSA) is 38.0 Å². The van der Waals surface area contributed by atoms with E-state index in [4.69, 9.17) is 5.73 Å². The minimum Gasteiger partial charge on any atom is -0.397 e. The van der Waals surface area contributed by atoms with Crippen LogP contribution >= 0.6 is 0 Å². The summed E-state index contributed by atoms with van der Waals surface area (Å²) in [6.45, 7) is 4.09. The number of anilines is 2. The fourth-order valence-corrected chi connectivity index (χ4v) is 2.11. The average molecular weight is 258 g/mol. The second-order valence-electron chi connectivity index (χ2n) is 5.42. The first-order chi connectivity index (χ1) is 8.20. The third-order valence-electron chi connectivity index (χ3n) is 3.43. The lowest BCUT2D eigenvalue weighted by Crippen LogP contribution is -2.33. The zero-order valence-corrected chi connectivity index (χ0v) is 10.4. The fraction of sp³-hybridized carbons (Fsp3) is 0.538. The Morgan fingerprint density at radius 3 is 2.28 bits per heavy atom. The average Bonchev–Trinajstić information content (AvgIpc) is 3.02. The molecule has 1 aromatic rings. The fourth-order valence-electron chi connectivity index (χ4n) is 2.11. The molecule has 1 fully saturated rings. The monoisotopic (exact) mass is 258 g/mol. The van der Waals surface area contributed by atoms with Crippen LogP contribution in [-0.2, 0) is 6.18 Å². The van der Waals surface area contributed by atoms with Gasteiger partial charge in [0.05, 0.1) is 16.9 Å². The number of hydrogen-bond acceptors (Lipinski definition) is 2. The Balaban J connectivity index is 2.20. The molecule has 5 heteroatoms. The van der Waals surface area contributed by atoms with Crippen LogP contribution in [0.4, 0.5) is 24.5 Å². The summed E-state index contributed by atoms with van der Waals surface area (Å²) >= 11 is 0. The van der Waals surface area contributed by atoms with Crippen molar-refractivity contribution in [3.05, 3.63) is 23.8 Å². The van der Waals surface area contributed by atoms with Gasteiger partial charge in [-0.15, -0.1) is 0 Å². The van der Waals surface area contributed by atoms with Crippen LogP contribution in [0.1, 0.15) is 32.3 Å². The summed E-state index contributed by atoms with van der Waals surface area (Å²) in [6, 6.07) is 3.44. The zero-order valence-electron chi connectivity index (χ0n) is 10.4. The number of rotatable bonds is 3. The van der Waals surface area contributed by atoms with E-state index in [0.29, 0.717) is 11.6 Å². The summed E-state index contributed by atoms with van der Waals surface area (Å²) < 4.78 is 37.5. The van der Waals surface area contributed by atoms with Gasteiger partial charge >= 0.3 is 6.18 Å². The van der Waals surface area contributed by atoms with Crippen molar-refractivity contribution in [2.45, 2.75) is 38.4 Å². The molecular formula is C13H17F3N2. The van der Waals surface area contributed by atoms with Gasteiger partial charge in [-0.1, -0.05) is 0 Å². The maximum Gasteiger partial charge on any atom is 0.416 e. The number of halogens is 3. The van der Waals surface area contributed by atoms with Crippen molar-refractivity contribution in [1.82, 2.24) is 0 Å². The summed E-state index contributed by atoms with van der Waals surface area (Å²) in [5, 5.41) is 3.23. The Morgan fingerprint density at radius 1 is 1.22 bits per heavy atom. The smallest absolute Gasteiger partial charge is 0.397 e. The van der Waals surface area contributed by atoms with Gasteiger partial charge in [-0.25, -0.2) is 0 Å². The number of hydrogen-bond donors (Lipinski definition) is 2. The summed E-state index contributed by atoms with van der Waals surface area (Å²) in [6.07, 6.45) is -2.04. The summed E-state index contributed by atoms with van der Waals surface area (Å²) in [5.74, 6) is 0.569. The van der Waals surface area contributed by atoms with Crippen LogP contribution in [-0.4, -0.2) is 5.54 Å². The van der Waals surface area contributed by atoms with Crippen molar-refractivity contribution in [3.63, 3.8) is 0 Å². The van der Waals surface area contributed by atoms with Gasteiger partial charge in [0.2, 0.25) is 0 Å². The molecule has 0 aliphatic heterocycles. The zero-order chi connectivity index (χ0) is 13.6. The van der Waals surface area contributed by atoms with E-state index in [1.54, 1.807) is 0 Å². The molecule has 0 amide bonds. The molecule has 1 saturated carbocycles. The van der Waals surface area contributed by atoms with Gasteiger partial charge in [0.25, 0.3) is 0 Å². The molecule has 2 rings (SSSR count). The normalized spacial score (nSPS) is 16.7. The Labute approximate surface area is 104 Å². The van der Waals surface area contributed by atoms with Crippen molar-refractivity contribution in [2.24, 2.45) is 5.92 Å². The Morgan fingerprint density at radius 2 is 1.83 bits per heavy atom. The highest BCUT2D eigenvalue weighted by Crippen LogP contribution is 2.42. The minimum absolute atomic E-state index is 0.131. The molecule has 0 radical (unpaired) electrons. The van der Waals surface area contributed by atoms with Gasteiger partial charge in [0.15, 0.2) is 0 Å². The maximum absolute atomic E-state index is 12.5. The summed E-state index contributed by atoms with van der Waals surface area (Å²) in [5.41, 5.74) is 5.55. The molecule has 1 aromatic carbocycles. The van der Waals surface area contributed by atoms with Gasteiger partial charge in [-0.3, -0.25) is 0 Å². The second kappa shape index (κ2) is 4.07. The third-order valence-corrected chi connectivity index (χ3v) is 3.43. The largest absolute Gasteiger partial charge is 0.416 e. The van der Waals surface area contributed by atoms with E-state index in [9.17, 15) is 13.2 Å². The molecule has 2 nitrogen and oxygen atoms in total. The lowest BCUT2D eigenvalue weighted by Gasteiger charge is -2.28. The molecule has 0 aromatic heterocycles. The van der Waals surface area contributed by atoms with Crippen LogP contribution in [0.2, 0.25) is 0 Å². The molecule has 0 heterocycles. The van der Waals surface area contributed by atoms with Gasteiger partial charge in [-0.2, -0.15) is 13.2 Å². The Kier molecular flexibility index (Phi) is 2.95. The lowest BCUT2D eigenvalue weighted by molar-refractivity contribution is -0.137. The Hall–Kier alpha value is -1.39. The van der Waals surface area contributed by atoms with Crippen LogP contribution in [0.25, 0.3) is 0 Å².